The molecule has 49 heavy (non-hydrogen) atoms. The fourth-order valence-electron chi connectivity index (χ4n) is 5.15. The summed E-state index contributed by atoms with van der Waals surface area (Å²) < 4.78 is 17.6. The topological polar surface area (TPSA) is 112 Å². The van der Waals surface area contributed by atoms with Crippen LogP contribution < -0.4 is 0 Å². The Morgan fingerprint density at radius 2 is 1.14 bits per heavy atom. The van der Waals surface area contributed by atoms with Crippen LogP contribution in [-0.4, -0.2) is 49.1 Å². The van der Waals surface area contributed by atoms with E-state index in [9.17, 15) is 4.39 Å². The normalized spacial score (nSPS) is 11.8. The highest BCUT2D eigenvalue weighted by Gasteiger charge is 2.09. The first-order valence-electron chi connectivity index (χ1n) is 15.2. The van der Waals surface area contributed by atoms with E-state index >= 15 is 0 Å². The summed E-state index contributed by atoms with van der Waals surface area (Å²) in [5, 5.41) is 11.7. The number of benzene rings is 2. The van der Waals surface area contributed by atoms with Crippen molar-refractivity contribution in [3.63, 3.8) is 0 Å². The first-order valence-corrected chi connectivity index (χ1v) is 15.9. The van der Waals surface area contributed by atoms with Crippen LogP contribution in [0.25, 0.3) is 57.4 Å². The van der Waals surface area contributed by atoms with Crippen molar-refractivity contribution in [3.05, 3.63) is 129 Å². The molecule has 8 aromatic rings. The summed E-state index contributed by atoms with van der Waals surface area (Å²) in [6, 6.07) is 16.1. The van der Waals surface area contributed by atoms with E-state index < -0.39 is 5.82 Å². The fourth-order valence-corrected chi connectivity index (χ4v) is 5.55. The Morgan fingerprint density at radius 3 is 1.73 bits per heavy atom. The number of fused-ring (bicyclic) bond motifs is 4. The van der Waals surface area contributed by atoms with Crippen molar-refractivity contribution in [1.82, 2.24) is 49.1 Å². The van der Waals surface area contributed by atoms with Gasteiger partial charge in [-0.3, -0.25) is 9.97 Å². The molecule has 8 rings (SSSR count). The zero-order valence-electron chi connectivity index (χ0n) is 26.8. The highest BCUT2D eigenvalue weighted by atomic mass is 35.5. The van der Waals surface area contributed by atoms with Crippen molar-refractivity contribution < 1.29 is 4.39 Å². The Hall–Kier alpha value is -5.65. The SMILES string of the molecule is Cc1ncc(C)n2nc(C=Cc3ccc4cc(Cl)cc(F)c4n3)nc12.Cc1ncc(C)n2nc(C=Cc3ccc4cc(Cl)ccc4n3)nc12. The molecule has 0 bridgehead atoms. The summed E-state index contributed by atoms with van der Waals surface area (Å²) in [6.45, 7) is 7.68. The number of hydrogen-bond acceptors (Lipinski definition) is 8. The molecule has 0 amide bonds. The maximum absolute atomic E-state index is 14.0. The van der Waals surface area contributed by atoms with Crippen molar-refractivity contribution >= 4 is 80.6 Å². The standard InChI is InChI=1S/C18H13ClFN5.C18H14ClN5/c1-10-9-21-11(2)18-23-16(24-25(10)18)6-5-14-4-3-12-7-13(19)8-15(20)17(12)22-14;1-11-10-20-12(2)18-22-17(23-24(11)18)8-6-15-5-3-13-9-14(19)4-7-16(13)21-15/h3-9H,1-2H3;3-10H,1-2H3. The number of pyridine rings is 2. The lowest BCUT2D eigenvalue weighted by atomic mass is 10.2. The van der Waals surface area contributed by atoms with E-state index in [0.717, 1.165) is 45.0 Å². The second kappa shape index (κ2) is 13.1. The van der Waals surface area contributed by atoms with Crippen LogP contribution in [0.3, 0.4) is 0 Å². The molecule has 0 aliphatic rings. The molecule has 0 unspecified atom stereocenters. The summed E-state index contributed by atoms with van der Waals surface area (Å²) in [6.07, 6.45) is 10.8. The van der Waals surface area contributed by atoms with E-state index in [1.165, 1.54) is 6.07 Å². The van der Waals surface area contributed by atoms with Gasteiger partial charge < -0.3 is 0 Å². The molecular formula is C36H27Cl2FN10. The van der Waals surface area contributed by atoms with E-state index in [2.05, 4.69) is 40.1 Å². The van der Waals surface area contributed by atoms with E-state index in [1.807, 2.05) is 70.2 Å². The van der Waals surface area contributed by atoms with Gasteiger partial charge in [-0.1, -0.05) is 35.3 Å². The van der Waals surface area contributed by atoms with Crippen molar-refractivity contribution in [3.8, 4) is 0 Å². The van der Waals surface area contributed by atoms with Crippen LogP contribution in [-0.2, 0) is 0 Å². The zero-order valence-corrected chi connectivity index (χ0v) is 28.3. The number of aromatic nitrogens is 10. The van der Waals surface area contributed by atoms with Crippen LogP contribution in [0.4, 0.5) is 4.39 Å². The number of hydrogen-bond donors (Lipinski definition) is 0. The summed E-state index contributed by atoms with van der Waals surface area (Å²) in [4.78, 5) is 26.5. The van der Waals surface area contributed by atoms with Crippen LogP contribution in [0.2, 0.25) is 10.0 Å². The first-order chi connectivity index (χ1) is 23.6. The van der Waals surface area contributed by atoms with Gasteiger partial charge >= 0.3 is 0 Å². The third-order valence-electron chi connectivity index (χ3n) is 7.66. The van der Waals surface area contributed by atoms with Crippen LogP contribution in [0.5, 0.6) is 0 Å². The minimum atomic E-state index is -0.444. The number of halogens is 3. The van der Waals surface area contributed by atoms with Crippen LogP contribution in [0.15, 0.2) is 67.0 Å². The summed E-state index contributed by atoms with van der Waals surface area (Å²) in [5.41, 5.74) is 7.63. The van der Waals surface area contributed by atoms with Gasteiger partial charge in [0.1, 0.15) is 5.52 Å². The molecule has 0 N–H and O–H groups in total. The lowest BCUT2D eigenvalue weighted by Crippen LogP contribution is -1.97. The Balaban J connectivity index is 0.000000154. The Labute approximate surface area is 289 Å². The monoisotopic (exact) mass is 688 g/mol. The summed E-state index contributed by atoms with van der Waals surface area (Å²) >= 11 is 11.9. The van der Waals surface area contributed by atoms with E-state index in [-0.39, 0.29) is 5.52 Å². The highest BCUT2D eigenvalue weighted by molar-refractivity contribution is 6.31. The van der Waals surface area contributed by atoms with Gasteiger partial charge in [-0.2, -0.15) is 0 Å². The maximum Gasteiger partial charge on any atom is 0.177 e. The molecule has 0 atom stereocenters. The molecule has 10 nitrogen and oxygen atoms in total. The lowest BCUT2D eigenvalue weighted by Gasteiger charge is -2.01. The van der Waals surface area contributed by atoms with E-state index in [4.69, 9.17) is 23.2 Å². The zero-order chi connectivity index (χ0) is 34.2. The molecule has 0 spiro atoms. The lowest BCUT2D eigenvalue weighted by molar-refractivity contribution is 0.637. The third kappa shape index (κ3) is 6.71. The minimum absolute atomic E-state index is 0.283. The van der Waals surface area contributed by atoms with Crippen molar-refractivity contribution in [2.75, 3.05) is 0 Å². The number of rotatable bonds is 4. The molecule has 2 aromatic carbocycles. The second-order valence-corrected chi connectivity index (χ2v) is 12.2. The van der Waals surface area contributed by atoms with Crippen molar-refractivity contribution in [1.29, 1.82) is 0 Å². The molecule has 6 aromatic heterocycles. The van der Waals surface area contributed by atoms with Crippen molar-refractivity contribution in [2.45, 2.75) is 27.7 Å². The molecule has 6 heterocycles. The van der Waals surface area contributed by atoms with Gasteiger partial charge in [0.05, 0.1) is 39.7 Å². The molecule has 242 valence electrons. The van der Waals surface area contributed by atoms with E-state index in [1.54, 1.807) is 51.8 Å². The summed E-state index contributed by atoms with van der Waals surface area (Å²) in [7, 11) is 0. The van der Waals surface area contributed by atoms with Crippen LogP contribution in [0, 0.1) is 33.5 Å². The Morgan fingerprint density at radius 1 is 0.592 bits per heavy atom. The number of nitrogens with zero attached hydrogens (tertiary/aromatic N) is 10. The molecule has 0 fully saturated rings. The van der Waals surface area contributed by atoms with Gasteiger partial charge in [0.2, 0.25) is 0 Å². The molecule has 0 radical (unpaired) electrons. The quantitative estimate of drug-likeness (QED) is 0.181. The highest BCUT2D eigenvalue weighted by Crippen LogP contribution is 2.23. The van der Waals surface area contributed by atoms with Gasteiger partial charge in [0.25, 0.3) is 0 Å². The predicted molar refractivity (Wildman–Crippen MR) is 192 cm³/mol. The predicted octanol–water partition coefficient (Wildman–Crippen LogP) is 8.37. The fraction of sp³-hybridized carbons (Fsp3) is 0.111. The largest absolute Gasteiger partial charge is 0.256 e. The minimum Gasteiger partial charge on any atom is -0.256 e. The molecule has 0 saturated heterocycles. The molecule has 0 aliphatic heterocycles. The smallest absolute Gasteiger partial charge is 0.177 e. The summed E-state index contributed by atoms with van der Waals surface area (Å²) in [5.74, 6) is 0.728. The second-order valence-electron chi connectivity index (χ2n) is 11.3. The number of aryl methyl sites for hydroxylation is 4. The molecular weight excluding hydrogens is 662 g/mol. The average Bonchev–Trinajstić information content (AvgIpc) is 3.73. The van der Waals surface area contributed by atoms with Crippen molar-refractivity contribution in [2.24, 2.45) is 0 Å². The van der Waals surface area contributed by atoms with Gasteiger partial charge in [0.15, 0.2) is 28.8 Å². The average molecular weight is 690 g/mol. The van der Waals surface area contributed by atoms with Gasteiger partial charge in [-0.15, -0.1) is 10.2 Å². The van der Waals surface area contributed by atoms with E-state index in [0.29, 0.717) is 38.4 Å². The Kier molecular flexibility index (Phi) is 8.53. The third-order valence-corrected chi connectivity index (χ3v) is 8.12. The van der Waals surface area contributed by atoms with Gasteiger partial charge in [-0.05, 0) is 94.5 Å². The molecule has 0 aliphatic carbocycles. The van der Waals surface area contributed by atoms with Crippen LogP contribution in [0.1, 0.15) is 45.8 Å². The molecule has 13 heteroatoms. The van der Waals surface area contributed by atoms with Crippen LogP contribution >= 0.6 is 23.2 Å². The van der Waals surface area contributed by atoms with Gasteiger partial charge in [0, 0.05) is 33.2 Å². The van der Waals surface area contributed by atoms with Gasteiger partial charge in [-0.25, -0.2) is 33.4 Å². The first kappa shape index (κ1) is 31.9. The maximum atomic E-state index is 14.0. The molecule has 0 saturated carbocycles. The Bertz CT molecular complexity index is 2530.